The normalized spacial score (nSPS) is 21.1. The molecule has 2 aliphatic rings. The highest BCUT2D eigenvalue weighted by atomic mass is 32.2. The second-order valence-corrected chi connectivity index (χ2v) is 13.4. The van der Waals surface area contributed by atoms with E-state index in [-0.39, 0.29) is 23.3 Å². The van der Waals surface area contributed by atoms with Gasteiger partial charge < -0.3 is 10.2 Å². The van der Waals surface area contributed by atoms with Crippen LogP contribution in [0.2, 0.25) is 0 Å². The third-order valence-corrected chi connectivity index (χ3v) is 8.00. The van der Waals surface area contributed by atoms with Crippen LogP contribution < -0.4 is 5.32 Å². The fourth-order valence-electron chi connectivity index (χ4n) is 4.83. The van der Waals surface area contributed by atoms with Crippen LogP contribution in [-0.4, -0.2) is 65.8 Å². The molecule has 1 saturated heterocycles. The second kappa shape index (κ2) is 15.3. The van der Waals surface area contributed by atoms with Crippen LogP contribution in [0.4, 0.5) is 4.79 Å². The molecule has 0 radical (unpaired) electrons. The van der Waals surface area contributed by atoms with Crippen LogP contribution in [0.3, 0.4) is 0 Å². The zero-order chi connectivity index (χ0) is 29.1. The predicted octanol–water partition coefficient (Wildman–Crippen LogP) is 7.49. The Hall–Kier alpha value is -2.80. The number of hydrazone groups is 1. The van der Waals surface area contributed by atoms with Crippen LogP contribution in [0.1, 0.15) is 72.8 Å². The minimum Gasteiger partial charge on any atom is -0.332 e. The fraction of sp³-hybridized carbons (Fsp3) is 0.545. The van der Waals surface area contributed by atoms with Crippen LogP contribution in [-0.2, 0) is 0 Å². The number of urea groups is 1. The van der Waals surface area contributed by atoms with Crippen molar-refractivity contribution in [2.75, 3.05) is 31.9 Å². The van der Waals surface area contributed by atoms with Gasteiger partial charge in [-0.25, -0.2) is 4.79 Å². The third kappa shape index (κ3) is 10.3. The van der Waals surface area contributed by atoms with Gasteiger partial charge in [0, 0.05) is 43.4 Å². The fourth-order valence-corrected chi connectivity index (χ4v) is 5.41. The molecule has 6 nitrogen and oxygen atoms in total. The molecule has 0 aromatic heterocycles. The molecule has 2 atom stereocenters. The van der Waals surface area contributed by atoms with Gasteiger partial charge in [-0.1, -0.05) is 75.8 Å². The molecule has 218 valence electrons. The molecule has 1 N–H and O–H groups in total. The summed E-state index contributed by atoms with van der Waals surface area (Å²) in [5.41, 5.74) is 3.51. The Bertz CT molecular complexity index is 1110. The number of benzene rings is 1. The smallest absolute Gasteiger partial charge is 0.317 e. The first-order chi connectivity index (χ1) is 19.1. The lowest BCUT2D eigenvalue weighted by molar-refractivity contribution is 0.209. The number of allylic oxidation sites excluding steroid dienone is 2. The molecule has 1 heterocycles. The number of hydrogen-bond donors (Lipinski definition) is 1. The molecule has 40 heavy (non-hydrogen) atoms. The topological polar surface area (TPSA) is 60.3 Å². The Balaban J connectivity index is 1.72. The van der Waals surface area contributed by atoms with Crippen molar-refractivity contribution < 1.29 is 4.79 Å². The van der Waals surface area contributed by atoms with E-state index in [9.17, 15) is 4.79 Å². The van der Waals surface area contributed by atoms with E-state index >= 15 is 0 Å². The Morgan fingerprint density at radius 2 is 1.90 bits per heavy atom. The molecule has 7 heteroatoms. The lowest BCUT2D eigenvalue weighted by Gasteiger charge is -2.22. The van der Waals surface area contributed by atoms with Crippen molar-refractivity contribution in [2.24, 2.45) is 21.4 Å². The lowest BCUT2D eigenvalue weighted by atomic mass is 9.84. The van der Waals surface area contributed by atoms with Gasteiger partial charge >= 0.3 is 6.03 Å². The van der Waals surface area contributed by atoms with Crippen molar-refractivity contribution in [3.05, 3.63) is 70.8 Å². The summed E-state index contributed by atoms with van der Waals surface area (Å²) in [6.07, 6.45) is 12.6. The molecule has 1 aromatic rings. The standard InChI is InChI=1S/C33H49N5OS/c1-8-13-28(34-20-26(4)40-9-2)21-35-32(39)37-22-30(31(23-37)27-14-11-10-12-15-27)25(3)18-19-38(29-16-17-29)36-24-33(5,6)7/h8,10-15,18,20,24,29-31H,9,16-17,19,21-23H2,1-7H3,(H,35,39)/b13-8-,25-18+,26-20+,34-28+,36-24+. The van der Waals surface area contributed by atoms with Crippen LogP contribution in [0.5, 0.6) is 0 Å². The maximum Gasteiger partial charge on any atom is 0.317 e. The number of thioether (sulfide) groups is 1. The Morgan fingerprint density at radius 3 is 2.52 bits per heavy atom. The summed E-state index contributed by atoms with van der Waals surface area (Å²) in [5, 5.41) is 10.2. The zero-order valence-corrected chi connectivity index (χ0v) is 26.4. The summed E-state index contributed by atoms with van der Waals surface area (Å²) in [5.74, 6) is 1.54. The number of carbonyl (C=O) groups is 1. The first-order valence-corrected chi connectivity index (χ1v) is 15.6. The van der Waals surface area contributed by atoms with E-state index in [1.54, 1.807) is 11.8 Å². The number of nitrogens with one attached hydrogen (secondary N) is 1. The highest BCUT2D eigenvalue weighted by Gasteiger charge is 2.37. The summed E-state index contributed by atoms with van der Waals surface area (Å²) in [6.45, 7) is 17.5. The van der Waals surface area contributed by atoms with Crippen LogP contribution in [0.15, 0.2) is 75.3 Å². The van der Waals surface area contributed by atoms with E-state index in [0.717, 1.165) is 22.9 Å². The van der Waals surface area contributed by atoms with Gasteiger partial charge in [-0.15, -0.1) is 11.8 Å². The number of nitrogens with zero attached hydrogens (tertiary/aromatic N) is 4. The van der Waals surface area contributed by atoms with Gasteiger partial charge in [-0.2, -0.15) is 5.10 Å². The SMILES string of the molecule is C\C=C/C(CNC(=O)N1CC(/C(C)=C/CN(/N=C/C(C)(C)C)C2CC2)C(c2ccccc2)C1)=N\C=C(/C)SCC. The predicted molar refractivity (Wildman–Crippen MR) is 173 cm³/mol. The van der Waals surface area contributed by atoms with Crippen LogP contribution >= 0.6 is 11.8 Å². The molecule has 0 bridgehead atoms. The minimum atomic E-state index is -0.0357. The van der Waals surface area contributed by atoms with Crippen molar-refractivity contribution in [3.63, 3.8) is 0 Å². The highest BCUT2D eigenvalue weighted by molar-refractivity contribution is 8.03. The van der Waals surface area contributed by atoms with E-state index in [1.165, 1.54) is 24.0 Å². The minimum absolute atomic E-state index is 0.0357. The van der Waals surface area contributed by atoms with Gasteiger partial charge in [0.05, 0.1) is 18.8 Å². The number of aliphatic imine (C=N–C) groups is 1. The number of likely N-dealkylation sites (tertiary alicyclic amines) is 1. The van der Waals surface area contributed by atoms with E-state index < -0.39 is 0 Å². The number of amides is 2. The van der Waals surface area contributed by atoms with Crippen molar-refractivity contribution in [1.82, 2.24) is 15.2 Å². The van der Waals surface area contributed by atoms with Crippen molar-refractivity contribution in [2.45, 2.75) is 73.3 Å². The average Bonchev–Trinajstić information content (AvgIpc) is 3.66. The van der Waals surface area contributed by atoms with E-state index in [0.29, 0.717) is 25.7 Å². The Morgan fingerprint density at radius 1 is 1.18 bits per heavy atom. The number of carbonyl (C=O) groups excluding carboxylic acids is 1. The second-order valence-electron chi connectivity index (χ2n) is 11.9. The summed E-state index contributed by atoms with van der Waals surface area (Å²) in [7, 11) is 0. The molecule has 1 aliphatic heterocycles. The maximum absolute atomic E-state index is 13.4. The molecule has 2 amide bonds. The van der Waals surface area contributed by atoms with E-state index in [2.05, 4.69) is 99.5 Å². The van der Waals surface area contributed by atoms with Crippen LogP contribution in [0, 0.1) is 11.3 Å². The summed E-state index contributed by atoms with van der Waals surface area (Å²) in [4.78, 5) is 21.1. The molecule has 1 aromatic carbocycles. The summed E-state index contributed by atoms with van der Waals surface area (Å²) < 4.78 is 0. The molecule has 2 fully saturated rings. The molecule has 1 aliphatic carbocycles. The third-order valence-electron chi connectivity index (χ3n) is 7.15. The molecule has 3 rings (SSSR count). The van der Waals surface area contributed by atoms with Gasteiger partial charge in [0.25, 0.3) is 0 Å². The number of rotatable bonds is 12. The molecular weight excluding hydrogens is 514 g/mol. The van der Waals surface area contributed by atoms with Crippen molar-refractivity contribution >= 4 is 29.7 Å². The van der Waals surface area contributed by atoms with Gasteiger partial charge in [0.2, 0.25) is 0 Å². The van der Waals surface area contributed by atoms with Gasteiger partial charge in [-0.05, 0) is 61.3 Å². The first kappa shape index (κ1) is 31.7. The first-order valence-electron chi connectivity index (χ1n) is 14.7. The molecule has 0 spiro atoms. The Labute approximate surface area is 246 Å². The molecule has 1 saturated carbocycles. The summed E-state index contributed by atoms with van der Waals surface area (Å²) in [6, 6.07) is 11.1. The average molecular weight is 564 g/mol. The van der Waals surface area contributed by atoms with Crippen molar-refractivity contribution in [1.29, 1.82) is 0 Å². The largest absolute Gasteiger partial charge is 0.332 e. The van der Waals surface area contributed by atoms with E-state index in [1.807, 2.05) is 30.2 Å². The molecular formula is C33H49N5OS. The number of hydrogen-bond acceptors (Lipinski definition) is 5. The highest BCUT2D eigenvalue weighted by Crippen LogP contribution is 2.37. The monoisotopic (exact) mass is 563 g/mol. The van der Waals surface area contributed by atoms with Gasteiger partial charge in [-0.3, -0.25) is 10.0 Å². The Kier molecular flexibility index (Phi) is 12.1. The molecule has 2 unspecified atom stereocenters. The lowest BCUT2D eigenvalue weighted by Crippen LogP contribution is -2.40. The van der Waals surface area contributed by atoms with Gasteiger partial charge in [0.15, 0.2) is 0 Å². The zero-order valence-electron chi connectivity index (χ0n) is 25.6. The van der Waals surface area contributed by atoms with Crippen LogP contribution in [0.25, 0.3) is 0 Å². The van der Waals surface area contributed by atoms with E-state index in [4.69, 9.17) is 5.10 Å². The summed E-state index contributed by atoms with van der Waals surface area (Å²) >= 11 is 1.77. The maximum atomic E-state index is 13.4. The van der Waals surface area contributed by atoms with Crippen molar-refractivity contribution in [3.8, 4) is 0 Å². The van der Waals surface area contributed by atoms with Gasteiger partial charge in [0.1, 0.15) is 0 Å². The quantitative estimate of drug-likeness (QED) is 0.163.